The van der Waals surface area contributed by atoms with Gasteiger partial charge in [-0.25, -0.2) is 9.97 Å². The van der Waals surface area contributed by atoms with Gasteiger partial charge in [-0.1, -0.05) is 52.6 Å². The van der Waals surface area contributed by atoms with Gasteiger partial charge in [-0.3, -0.25) is 0 Å². The van der Waals surface area contributed by atoms with E-state index >= 15 is 0 Å². The topological polar surface area (TPSA) is 49.6 Å². The van der Waals surface area contributed by atoms with Gasteiger partial charge < -0.3 is 0 Å². The molecule has 7 heteroatoms. The first-order valence-electron chi connectivity index (χ1n) is 5.04. The number of nitriles is 1. The van der Waals surface area contributed by atoms with Crippen molar-refractivity contribution in [2.45, 2.75) is 5.16 Å². The van der Waals surface area contributed by atoms with Gasteiger partial charge in [0.1, 0.15) is 11.6 Å². The molecule has 1 aromatic heterocycles. The SMILES string of the molecule is CSc1nc(Cl)c(C#N)c(-c2ccc(Cl)c(Cl)c2)n1. The van der Waals surface area contributed by atoms with Crippen LogP contribution in [0.4, 0.5) is 0 Å². The highest BCUT2D eigenvalue weighted by Crippen LogP contribution is 2.32. The Morgan fingerprint density at radius 1 is 1.16 bits per heavy atom. The molecule has 0 unspecified atom stereocenters. The van der Waals surface area contributed by atoms with Crippen molar-refractivity contribution in [2.24, 2.45) is 0 Å². The Labute approximate surface area is 129 Å². The van der Waals surface area contributed by atoms with E-state index in [-0.39, 0.29) is 10.7 Å². The van der Waals surface area contributed by atoms with Crippen LogP contribution in [0.1, 0.15) is 5.56 Å². The first kappa shape index (κ1) is 14.4. The average molecular weight is 331 g/mol. The highest BCUT2D eigenvalue weighted by Gasteiger charge is 2.15. The van der Waals surface area contributed by atoms with E-state index in [1.165, 1.54) is 11.8 Å². The summed E-state index contributed by atoms with van der Waals surface area (Å²) in [4.78, 5) is 8.33. The number of halogens is 3. The lowest BCUT2D eigenvalue weighted by molar-refractivity contribution is 0.970. The third-order valence-electron chi connectivity index (χ3n) is 2.33. The summed E-state index contributed by atoms with van der Waals surface area (Å²) in [5.74, 6) is 0. The number of aromatic nitrogens is 2. The molecule has 0 N–H and O–H groups in total. The molecule has 0 fully saturated rings. The van der Waals surface area contributed by atoms with Gasteiger partial charge in [-0.05, 0) is 18.4 Å². The van der Waals surface area contributed by atoms with Crippen LogP contribution >= 0.6 is 46.6 Å². The van der Waals surface area contributed by atoms with Crippen LogP contribution in [0.2, 0.25) is 15.2 Å². The smallest absolute Gasteiger partial charge is 0.189 e. The maximum Gasteiger partial charge on any atom is 0.189 e. The summed E-state index contributed by atoms with van der Waals surface area (Å²) in [6.45, 7) is 0. The second kappa shape index (κ2) is 5.98. The van der Waals surface area contributed by atoms with E-state index in [4.69, 9.17) is 40.1 Å². The standard InChI is InChI=1S/C12H6Cl3N3S/c1-19-12-17-10(7(5-16)11(15)18-12)6-2-3-8(13)9(14)4-6/h2-4H,1H3. The molecule has 0 aliphatic heterocycles. The second-order valence-corrected chi connectivity index (χ2v) is 5.41. The lowest BCUT2D eigenvalue weighted by Gasteiger charge is -2.07. The minimum absolute atomic E-state index is 0.128. The number of rotatable bonds is 2. The van der Waals surface area contributed by atoms with Crippen LogP contribution < -0.4 is 0 Å². The van der Waals surface area contributed by atoms with Crippen molar-refractivity contribution in [3.63, 3.8) is 0 Å². The molecule has 2 rings (SSSR count). The number of thioether (sulfide) groups is 1. The summed E-state index contributed by atoms with van der Waals surface area (Å²) in [7, 11) is 0. The van der Waals surface area contributed by atoms with Crippen LogP contribution in [0, 0.1) is 11.3 Å². The minimum atomic E-state index is 0.128. The van der Waals surface area contributed by atoms with Crippen LogP contribution in [0.15, 0.2) is 23.4 Å². The van der Waals surface area contributed by atoms with Crippen molar-refractivity contribution in [2.75, 3.05) is 6.26 Å². The summed E-state index contributed by atoms with van der Waals surface area (Å²) in [6.07, 6.45) is 1.83. The molecule has 0 bridgehead atoms. The Bertz CT molecular complexity index is 683. The molecule has 0 aliphatic rings. The Hall–Kier alpha value is -0.990. The highest BCUT2D eigenvalue weighted by atomic mass is 35.5. The second-order valence-electron chi connectivity index (χ2n) is 3.47. The molecular weight excluding hydrogens is 325 g/mol. The first-order valence-corrected chi connectivity index (χ1v) is 7.39. The average Bonchev–Trinajstić information content (AvgIpc) is 2.41. The molecule has 1 heterocycles. The maximum atomic E-state index is 9.17. The molecule has 0 radical (unpaired) electrons. The monoisotopic (exact) mass is 329 g/mol. The van der Waals surface area contributed by atoms with E-state index in [0.29, 0.717) is 26.5 Å². The van der Waals surface area contributed by atoms with E-state index in [1.807, 2.05) is 12.3 Å². The summed E-state index contributed by atoms with van der Waals surface area (Å²) >= 11 is 19.2. The van der Waals surface area contributed by atoms with Gasteiger partial charge in [0.2, 0.25) is 0 Å². The van der Waals surface area contributed by atoms with Crippen molar-refractivity contribution < 1.29 is 0 Å². The summed E-state index contributed by atoms with van der Waals surface area (Å²) in [6, 6.07) is 7.03. The molecule has 0 spiro atoms. The van der Waals surface area contributed by atoms with Crippen molar-refractivity contribution in [3.05, 3.63) is 39.0 Å². The fourth-order valence-electron chi connectivity index (χ4n) is 1.46. The molecule has 19 heavy (non-hydrogen) atoms. The number of hydrogen-bond acceptors (Lipinski definition) is 4. The first-order chi connectivity index (χ1) is 9.06. The number of hydrogen-bond donors (Lipinski definition) is 0. The van der Waals surface area contributed by atoms with Crippen molar-refractivity contribution in [3.8, 4) is 17.3 Å². The highest BCUT2D eigenvalue weighted by molar-refractivity contribution is 7.98. The van der Waals surface area contributed by atoms with E-state index in [9.17, 15) is 0 Å². The largest absolute Gasteiger partial charge is 0.221 e. The van der Waals surface area contributed by atoms with Gasteiger partial charge in [-0.2, -0.15) is 5.26 Å². The Morgan fingerprint density at radius 2 is 1.89 bits per heavy atom. The lowest BCUT2D eigenvalue weighted by Crippen LogP contribution is -1.96. The molecule has 0 saturated heterocycles. The zero-order valence-corrected chi connectivity index (χ0v) is 12.7. The van der Waals surface area contributed by atoms with E-state index < -0.39 is 0 Å². The third-order valence-corrected chi connectivity index (χ3v) is 3.89. The van der Waals surface area contributed by atoms with Crippen LogP contribution in [0.5, 0.6) is 0 Å². The number of benzene rings is 1. The van der Waals surface area contributed by atoms with Crippen LogP contribution in [-0.2, 0) is 0 Å². The normalized spacial score (nSPS) is 10.3. The molecule has 0 atom stereocenters. The summed E-state index contributed by atoms with van der Waals surface area (Å²) < 4.78 is 0. The zero-order valence-electron chi connectivity index (χ0n) is 9.62. The lowest BCUT2D eigenvalue weighted by atomic mass is 10.1. The number of nitrogens with zero attached hydrogens (tertiary/aromatic N) is 3. The van der Waals surface area contributed by atoms with Gasteiger partial charge in [-0.15, -0.1) is 0 Å². The predicted octanol–water partition coefficient (Wildman–Crippen LogP) is 4.70. The fourth-order valence-corrected chi connectivity index (χ4v) is 2.38. The molecule has 1 aromatic carbocycles. The molecule has 96 valence electrons. The van der Waals surface area contributed by atoms with Gasteiger partial charge in [0.25, 0.3) is 0 Å². The van der Waals surface area contributed by atoms with Gasteiger partial charge >= 0.3 is 0 Å². The zero-order chi connectivity index (χ0) is 14.0. The fraction of sp³-hybridized carbons (Fsp3) is 0.0833. The van der Waals surface area contributed by atoms with E-state index in [0.717, 1.165) is 0 Å². The van der Waals surface area contributed by atoms with Crippen molar-refractivity contribution in [1.29, 1.82) is 5.26 Å². The molecule has 3 nitrogen and oxygen atoms in total. The molecular formula is C12H6Cl3N3S. The van der Waals surface area contributed by atoms with Crippen LogP contribution in [0.25, 0.3) is 11.3 Å². The molecule has 0 aliphatic carbocycles. The van der Waals surface area contributed by atoms with Gasteiger partial charge in [0, 0.05) is 5.56 Å². The minimum Gasteiger partial charge on any atom is -0.221 e. The third kappa shape index (κ3) is 2.96. The summed E-state index contributed by atoms with van der Waals surface area (Å²) in [5.41, 5.74) is 1.34. The van der Waals surface area contributed by atoms with Gasteiger partial charge in [0.15, 0.2) is 10.3 Å². The van der Waals surface area contributed by atoms with E-state index in [2.05, 4.69) is 9.97 Å². The van der Waals surface area contributed by atoms with Crippen molar-refractivity contribution in [1.82, 2.24) is 9.97 Å². The maximum absolute atomic E-state index is 9.17. The van der Waals surface area contributed by atoms with E-state index in [1.54, 1.807) is 18.2 Å². The molecule has 0 amide bonds. The van der Waals surface area contributed by atoms with Crippen LogP contribution in [-0.4, -0.2) is 16.2 Å². The Morgan fingerprint density at radius 3 is 2.47 bits per heavy atom. The van der Waals surface area contributed by atoms with Gasteiger partial charge in [0.05, 0.1) is 15.7 Å². The van der Waals surface area contributed by atoms with Crippen molar-refractivity contribution >= 4 is 46.6 Å². The predicted molar refractivity (Wildman–Crippen MR) is 79.0 cm³/mol. The summed E-state index contributed by atoms with van der Waals surface area (Å²) in [5, 5.41) is 10.6. The Kier molecular flexibility index (Phi) is 4.54. The van der Waals surface area contributed by atoms with Crippen LogP contribution in [0.3, 0.4) is 0 Å². The quantitative estimate of drug-likeness (QED) is 0.455. The molecule has 0 saturated carbocycles. The Balaban J connectivity index is 2.69. The molecule has 2 aromatic rings.